The number of aryl methyl sites for hydroxylation is 1. The van der Waals surface area contributed by atoms with Gasteiger partial charge >= 0.3 is 0 Å². The summed E-state index contributed by atoms with van der Waals surface area (Å²) >= 11 is 0. The van der Waals surface area contributed by atoms with Gasteiger partial charge in [0.15, 0.2) is 5.82 Å². The molecule has 3 rings (SSSR count). The van der Waals surface area contributed by atoms with Gasteiger partial charge in [0.2, 0.25) is 0 Å². The SMILES string of the molecule is Cc1cc(N2CCN(c3cccc(CO)c3F)CC2)ccn1. The number of aliphatic hydroxyl groups is 1. The normalized spacial score (nSPS) is 15.2. The van der Waals surface area contributed by atoms with Gasteiger partial charge in [0, 0.05) is 49.3 Å². The molecule has 1 fully saturated rings. The highest BCUT2D eigenvalue weighted by atomic mass is 19.1. The van der Waals surface area contributed by atoms with E-state index >= 15 is 0 Å². The molecule has 0 saturated carbocycles. The van der Waals surface area contributed by atoms with Crippen molar-refractivity contribution < 1.29 is 9.50 Å². The van der Waals surface area contributed by atoms with Gasteiger partial charge in [-0.05, 0) is 25.1 Å². The first kappa shape index (κ1) is 14.8. The van der Waals surface area contributed by atoms with E-state index in [2.05, 4.69) is 16.0 Å². The molecule has 4 nitrogen and oxygen atoms in total. The second kappa shape index (κ2) is 6.32. The Balaban J connectivity index is 1.72. The molecule has 116 valence electrons. The van der Waals surface area contributed by atoms with E-state index < -0.39 is 0 Å². The zero-order valence-corrected chi connectivity index (χ0v) is 12.7. The van der Waals surface area contributed by atoms with Crippen LogP contribution in [0.5, 0.6) is 0 Å². The maximum absolute atomic E-state index is 14.3. The Morgan fingerprint density at radius 2 is 1.86 bits per heavy atom. The lowest BCUT2D eigenvalue weighted by Crippen LogP contribution is -2.46. The second-order valence-electron chi connectivity index (χ2n) is 5.54. The van der Waals surface area contributed by atoms with Gasteiger partial charge in [0.25, 0.3) is 0 Å². The van der Waals surface area contributed by atoms with Gasteiger partial charge in [-0.2, -0.15) is 0 Å². The predicted molar refractivity (Wildman–Crippen MR) is 85.7 cm³/mol. The first-order chi connectivity index (χ1) is 10.7. The van der Waals surface area contributed by atoms with Crippen LogP contribution in [0.25, 0.3) is 0 Å². The number of piperazine rings is 1. The summed E-state index contributed by atoms with van der Waals surface area (Å²) in [7, 11) is 0. The molecule has 0 amide bonds. The molecular weight excluding hydrogens is 281 g/mol. The monoisotopic (exact) mass is 301 g/mol. The molecular formula is C17H20FN3O. The second-order valence-corrected chi connectivity index (χ2v) is 5.54. The summed E-state index contributed by atoms with van der Waals surface area (Å²) in [6, 6.07) is 9.27. The fraction of sp³-hybridized carbons (Fsp3) is 0.353. The van der Waals surface area contributed by atoms with Crippen molar-refractivity contribution in [1.29, 1.82) is 0 Å². The quantitative estimate of drug-likeness (QED) is 0.944. The molecule has 5 heteroatoms. The molecule has 0 unspecified atom stereocenters. The van der Waals surface area contributed by atoms with Crippen molar-refractivity contribution in [2.45, 2.75) is 13.5 Å². The van der Waals surface area contributed by atoms with E-state index in [-0.39, 0.29) is 12.4 Å². The number of rotatable bonds is 3. The van der Waals surface area contributed by atoms with Crippen molar-refractivity contribution in [3.8, 4) is 0 Å². The molecule has 0 aliphatic carbocycles. The molecule has 0 atom stereocenters. The Morgan fingerprint density at radius 1 is 1.14 bits per heavy atom. The molecule has 2 heterocycles. The van der Waals surface area contributed by atoms with Crippen LogP contribution in [0.3, 0.4) is 0 Å². The highest BCUT2D eigenvalue weighted by Gasteiger charge is 2.20. The van der Waals surface area contributed by atoms with Gasteiger partial charge in [-0.1, -0.05) is 12.1 Å². The van der Waals surface area contributed by atoms with Crippen molar-refractivity contribution in [3.63, 3.8) is 0 Å². The van der Waals surface area contributed by atoms with Crippen molar-refractivity contribution in [2.75, 3.05) is 36.0 Å². The molecule has 1 saturated heterocycles. The van der Waals surface area contributed by atoms with Crippen LogP contribution in [0, 0.1) is 12.7 Å². The summed E-state index contributed by atoms with van der Waals surface area (Å²) in [6.45, 7) is 4.91. The van der Waals surface area contributed by atoms with Crippen LogP contribution in [-0.4, -0.2) is 36.3 Å². The maximum atomic E-state index is 14.3. The third-order valence-electron chi connectivity index (χ3n) is 4.09. The van der Waals surface area contributed by atoms with E-state index in [1.807, 2.05) is 24.1 Å². The number of halogens is 1. The molecule has 1 aromatic heterocycles. The third kappa shape index (κ3) is 2.90. The number of nitrogens with zero attached hydrogens (tertiary/aromatic N) is 3. The predicted octanol–water partition coefficient (Wildman–Crippen LogP) is 2.35. The minimum atomic E-state index is -0.307. The standard InChI is InChI=1S/C17H20FN3O/c1-13-11-15(5-6-19-13)20-7-9-21(10-8-20)16-4-2-3-14(12-22)17(16)18/h2-6,11,22H,7-10,12H2,1H3. The van der Waals surface area contributed by atoms with Crippen molar-refractivity contribution in [3.05, 3.63) is 53.6 Å². The average Bonchev–Trinajstić information content (AvgIpc) is 2.55. The minimum Gasteiger partial charge on any atom is -0.392 e. The van der Waals surface area contributed by atoms with Crippen LogP contribution in [0.2, 0.25) is 0 Å². The molecule has 22 heavy (non-hydrogen) atoms. The van der Waals surface area contributed by atoms with E-state index in [0.29, 0.717) is 11.3 Å². The number of hydrogen-bond acceptors (Lipinski definition) is 4. The van der Waals surface area contributed by atoms with Gasteiger partial charge in [0.05, 0.1) is 12.3 Å². The van der Waals surface area contributed by atoms with Gasteiger partial charge in [-0.25, -0.2) is 4.39 Å². The molecule has 1 aliphatic rings. The van der Waals surface area contributed by atoms with Crippen LogP contribution in [-0.2, 0) is 6.61 Å². The minimum absolute atomic E-state index is 0.268. The van der Waals surface area contributed by atoms with Gasteiger partial charge in [-0.15, -0.1) is 0 Å². The average molecular weight is 301 g/mol. The summed E-state index contributed by atoms with van der Waals surface area (Å²) in [5, 5.41) is 9.19. The van der Waals surface area contributed by atoms with Crippen LogP contribution >= 0.6 is 0 Å². The number of benzene rings is 1. The van der Waals surface area contributed by atoms with E-state index in [1.54, 1.807) is 18.2 Å². The Hall–Kier alpha value is -2.14. The maximum Gasteiger partial charge on any atom is 0.151 e. The largest absolute Gasteiger partial charge is 0.392 e. The van der Waals surface area contributed by atoms with E-state index in [1.165, 1.54) is 0 Å². The molecule has 1 aromatic carbocycles. The lowest BCUT2D eigenvalue weighted by molar-refractivity contribution is 0.276. The summed E-state index contributed by atoms with van der Waals surface area (Å²) < 4.78 is 14.3. The number of pyridine rings is 1. The van der Waals surface area contributed by atoms with Gasteiger partial charge in [0.1, 0.15) is 0 Å². The third-order valence-corrected chi connectivity index (χ3v) is 4.09. The van der Waals surface area contributed by atoms with Crippen LogP contribution in [0.4, 0.5) is 15.8 Å². The highest BCUT2D eigenvalue weighted by molar-refractivity contribution is 5.53. The highest BCUT2D eigenvalue weighted by Crippen LogP contribution is 2.25. The zero-order valence-electron chi connectivity index (χ0n) is 12.7. The van der Waals surface area contributed by atoms with Crippen LogP contribution < -0.4 is 9.80 Å². The number of anilines is 2. The summed E-state index contributed by atoms with van der Waals surface area (Å²) in [5.41, 5.74) is 3.10. The molecule has 1 aliphatic heterocycles. The molecule has 0 radical (unpaired) electrons. The van der Waals surface area contributed by atoms with Crippen LogP contribution in [0.15, 0.2) is 36.5 Å². The van der Waals surface area contributed by atoms with E-state index in [0.717, 1.165) is 37.6 Å². The molecule has 0 spiro atoms. The van der Waals surface area contributed by atoms with Crippen molar-refractivity contribution in [1.82, 2.24) is 4.98 Å². The first-order valence-electron chi connectivity index (χ1n) is 7.50. The van der Waals surface area contributed by atoms with Crippen molar-refractivity contribution >= 4 is 11.4 Å². The van der Waals surface area contributed by atoms with E-state index in [4.69, 9.17) is 0 Å². The number of hydrogen-bond donors (Lipinski definition) is 1. The molecule has 1 N–H and O–H groups in total. The topological polar surface area (TPSA) is 39.6 Å². The summed E-state index contributed by atoms with van der Waals surface area (Å²) in [6.07, 6.45) is 1.82. The van der Waals surface area contributed by atoms with E-state index in [9.17, 15) is 9.50 Å². The fourth-order valence-electron chi connectivity index (χ4n) is 2.87. The Morgan fingerprint density at radius 3 is 2.55 bits per heavy atom. The van der Waals surface area contributed by atoms with Crippen molar-refractivity contribution in [2.24, 2.45) is 0 Å². The fourth-order valence-corrected chi connectivity index (χ4v) is 2.87. The Kier molecular flexibility index (Phi) is 4.24. The number of aliphatic hydroxyl groups excluding tert-OH is 1. The van der Waals surface area contributed by atoms with Gasteiger partial charge < -0.3 is 14.9 Å². The Labute approximate surface area is 129 Å². The zero-order chi connectivity index (χ0) is 15.5. The van der Waals surface area contributed by atoms with Crippen LogP contribution in [0.1, 0.15) is 11.3 Å². The smallest absolute Gasteiger partial charge is 0.151 e. The molecule has 2 aromatic rings. The Bertz CT molecular complexity index is 654. The lowest BCUT2D eigenvalue weighted by atomic mass is 10.1. The molecule has 0 bridgehead atoms. The first-order valence-corrected chi connectivity index (χ1v) is 7.50. The number of aromatic nitrogens is 1. The summed E-state index contributed by atoms with van der Waals surface area (Å²) in [4.78, 5) is 8.55. The van der Waals surface area contributed by atoms with Gasteiger partial charge in [-0.3, -0.25) is 4.98 Å². The lowest BCUT2D eigenvalue weighted by Gasteiger charge is -2.37. The summed E-state index contributed by atoms with van der Waals surface area (Å²) in [5.74, 6) is -0.307.